The van der Waals surface area contributed by atoms with Crippen LogP contribution in [0.25, 0.3) is 11.3 Å². The van der Waals surface area contributed by atoms with Gasteiger partial charge < -0.3 is 14.2 Å². The Labute approximate surface area is 175 Å². The third-order valence-electron chi connectivity index (χ3n) is 5.50. The van der Waals surface area contributed by atoms with Crippen LogP contribution in [0.5, 0.6) is 0 Å². The molecule has 4 rings (SSSR count). The maximum absolute atomic E-state index is 12.8. The second-order valence-corrected chi connectivity index (χ2v) is 7.51. The molecule has 1 amide bonds. The number of hydrogen-bond donors (Lipinski definition) is 0. The van der Waals surface area contributed by atoms with Crippen molar-refractivity contribution in [3.63, 3.8) is 0 Å². The zero-order chi connectivity index (χ0) is 21.1. The molecule has 1 aliphatic rings. The van der Waals surface area contributed by atoms with Crippen molar-refractivity contribution in [2.45, 2.75) is 46.3 Å². The van der Waals surface area contributed by atoms with Crippen molar-refractivity contribution in [1.82, 2.24) is 24.8 Å². The fraction of sp³-hybridized carbons (Fsp3) is 0.455. The van der Waals surface area contributed by atoms with E-state index in [-0.39, 0.29) is 12.0 Å². The Morgan fingerprint density at radius 3 is 2.90 bits per heavy atom. The molecule has 8 heteroatoms. The molecule has 0 N–H and O–H groups in total. The topological polar surface area (TPSA) is 86.3 Å². The summed E-state index contributed by atoms with van der Waals surface area (Å²) in [6, 6.07) is 7.81. The lowest BCUT2D eigenvalue weighted by Crippen LogP contribution is -2.42. The Kier molecular flexibility index (Phi) is 5.94. The standard InChI is InChI=1S/C22H27N5O3/c1-4-19-22(16(3)25-30-19)18-7-5-6-17(24-18)20-14-26(12-13-29-20)21(28)9-11-27-15(2)8-10-23-27/h5-8,10,20H,4,9,11-14H2,1-3H3/t20-/m0/s1. The van der Waals surface area contributed by atoms with Gasteiger partial charge in [-0.15, -0.1) is 0 Å². The number of nitrogens with zero attached hydrogens (tertiary/aromatic N) is 5. The molecule has 158 valence electrons. The highest BCUT2D eigenvalue weighted by Crippen LogP contribution is 2.29. The summed E-state index contributed by atoms with van der Waals surface area (Å²) in [5, 5.41) is 8.33. The number of carbonyl (C=O) groups is 1. The number of amides is 1. The van der Waals surface area contributed by atoms with E-state index in [9.17, 15) is 4.79 Å². The largest absolute Gasteiger partial charge is 0.368 e. The molecule has 0 saturated carbocycles. The van der Waals surface area contributed by atoms with E-state index in [4.69, 9.17) is 14.2 Å². The van der Waals surface area contributed by atoms with Crippen molar-refractivity contribution in [3.8, 4) is 11.3 Å². The van der Waals surface area contributed by atoms with Crippen LogP contribution in [-0.2, 0) is 22.5 Å². The van der Waals surface area contributed by atoms with Crippen molar-refractivity contribution in [3.05, 3.63) is 53.3 Å². The first-order chi connectivity index (χ1) is 14.6. The van der Waals surface area contributed by atoms with Gasteiger partial charge in [-0.1, -0.05) is 18.1 Å². The van der Waals surface area contributed by atoms with Gasteiger partial charge in [0.05, 0.1) is 35.8 Å². The molecule has 8 nitrogen and oxygen atoms in total. The fourth-order valence-electron chi connectivity index (χ4n) is 3.80. The molecule has 0 spiro atoms. The van der Waals surface area contributed by atoms with Crippen molar-refractivity contribution in [1.29, 1.82) is 0 Å². The number of pyridine rings is 1. The Morgan fingerprint density at radius 2 is 2.13 bits per heavy atom. The van der Waals surface area contributed by atoms with Gasteiger partial charge in [0.25, 0.3) is 0 Å². The van der Waals surface area contributed by atoms with Gasteiger partial charge in [0.15, 0.2) is 0 Å². The number of hydrogen-bond acceptors (Lipinski definition) is 6. The summed E-state index contributed by atoms with van der Waals surface area (Å²) < 4.78 is 13.2. The van der Waals surface area contributed by atoms with Crippen LogP contribution < -0.4 is 0 Å². The van der Waals surface area contributed by atoms with Crippen molar-refractivity contribution in [2.75, 3.05) is 19.7 Å². The van der Waals surface area contributed by atoms with E-state index in [0.29, 0.717) is 32.7 Å². The molecule has 0 unspecified atom stereocenters. The Bertz CT molecular complexity index is 1030. The number of aromatic nitrogens is 4. The lowest BCUT2D eigenvalue weighted by molar-refractivity contribution is -0.139. The molecule has 0 radical (unpaired) electrons. The van der Waals surface area contributed by atoms with Gasteiger partial charge in [-0.2, -0.15) is 5.10 Å². The van der Waals surface area contributed by atoms with Crippen molar-refractivity contribution < 1.29 is 14.1 Å². The number of morpholine rings is 1. The second-order valence-electron chi connectivity index (χ2n) is 7.51. The lowest BCUT2D eigenvalue weighted by atomic mass is 10.1. The number of carbonyl (C=O) groups excluding carboxylic acids is 1. The molecule has 1 atom stereocenters. The predicted molar refractivity (Wildman–Crippen MR) is 111 cm³/mol. The molecule has 1 saturated heterocycles. The first kappa shape index (κ1) is 20.3. The number of aryl methyl sites for hydroxylation is 4. The maximum Gasteiger partial charge on any atom is 0.224 e. The third kappa shape index (κ3) is 4.14. The van der Waals surface area contributed by atoms with Crippen molar-refractivity contribution in [2.24, 2.45) is 0 Å². The van der Waals surface area contributed by atoms with Crippen molar-refractivity contribution >= 4 is 5.91 Å². The highest BCUT2D eigenvalue weighted by Gasteiger charge is 2.27. The van der Waals surface area contributed by atoms with Crippen LogP contribution in [0.15, 0.2) is 35.0 Å². The van der Waals surface area contributed by atoms with Crippen LogP contribution in [0.3, 0.4) is 0 Å². The monoisotopic (exact) mass is 409 g/mol. The quantitative estimate of drug-likeness (QED) is 0.622. The predicted octanol–water partition coefficient (Wildman–Crippen LogP) is 3.10. The van der Waals surface area contributed by atoms with Crippen LogP contribution in [0, 0.1) is 13.8 Å². The van der Waals surface area contributed by atoms with Gasteiger partial charge in [-0.3, -0.25) is 9.48 Å². The van der Waals surface area contributed by atoms with Gasteiger partial charge >= 0.3 is 0 Å². The number of rotatable bonds is 6. The molecule has 3 aromatic rings. The van der Waals surface area contributed by atoms with E-state index >= 15 is 0 Å². The fourth-order valence-corrected chi connectivity index (χ4v) is 3.80. The summed E-state index contributed by atoms with van der Waals surface area (Å²) in [6.45, 7) is 8.11. The second kappa shape index (κ2) is 8.79. The highest BCUT2D eigenvalue weighted by molar-refractivity contribution is 5.76. The summed E-state index contributed by atoms with van der Waals surface area (Å²) >= 11 is 0. The molecule has 0 aromatic carbocycles. The minimum Gasteiger partial charge on any atom is -0.368 e. The average molecular weight is 409 g/mol. The van der Waals surface area contributed by atoms with Gasteiger partial charge in [0, 0.05) is 37.8 Å². The Morgan fingerprint density at radius 1 is 1.27 bits per heavy atom. The van der Waals surface area contributed by atoms with Crippen LogP contribution in [0.4, 0.5) is 0 Å². The van der Waals surface area contributed by atoms with E-state index in [0.717, 1.165) is 40.5 Å². The minimum atomic E-state index is -0.251. The first-order valence-electron chi connectivity index (χ1n) is 10.4. The normalized spacial score (nSPS) is 16.8. The smallest absolute Gasteiger partial charge is 0.224 e. The summed E-state index contributed by atoms with van der Waals surface area (Å²) in [6.07, 6.45) is 2.67. The Balaban J connectivity index is 1.46. The van der Waals surface area contributed by atoms with Crippen LogP contribution >= 0.6 is 0 Å². The molecule has 1 aliphatic heterocycles. The minimum absolute atomic E-state index is 0.109. The van der Waals surface area contributed by atoms with Gasteiger partial charge in [0.2, 0.25) is 5.91 Å². The molecule has 4 heterocycles. The Hall–Kier alpha value is -3.00. The van der Waals surface area contributed by atoms with E-state index in [2.05, 4.69) is 10.3 Å². The van der Waals surface area contributed by atoms with Crippen LogP contribution in [0.1, 0.15) is 42.3 Å². The SMILES string of the molecule is CCc1onc(C)c1-c1cccc([C@@H]2CN(C(=O)CCn3nccc3C)CCO2)n1. The molecule has 0 aliphatic carbocycles. The maximum atomic E-state index is 12.8. The van der Waals surface area contributed by atoms with E-state index in [1.54, 1.807) is 6.20 Å². The average Bonchev–Trinajstić information content (AvgIpc) is 3.36. The summed E-state index contributed by atoms with van der Waals surface area (Å²) in [5.41, 5.74) is 4.46. The highest BCUT2D eigenvalue weighted by atomic mass is 16.5. The zero-order valence-electron chi connectivity index (χ0n) is 17.7. The molecule has 30 heavy (non-hydrogen) atoms. The van der Waals surface area contributed by atoms with E-state index < -0.39 is 0 Å². The molecular weight excluding hydrogens is 382 g/mol. The molecule has 1 fully saturated rings. The van der Waals surface area contributed by atoms with Gasteiger partial charge in [-0.05, 0) is 32.0 Å². The molecule has 3 aromatic heterocycles. The van der Waals surface area contributed by atoms with Crippen LogP contribution in [0.2, 0.25) is 0 Å². The van der Waals surface area contributed by atoms with Crippen LogP contribution in [-0.4, -0.2) is 50.4 Å². The van der Waals surface area contributed by atoms with Gasteiger partial charge in [0.1, 0.15) is 11.9 Å². The zero-order valence-corrected chi connectivity index (χ0v) is 17.7. The first-order valence-corrected chi connectivity index (χ1v) is 10.4. The summed E-state index contributed by atoms with van der Waals surface area (Å²) in [4.78, 5) is 19.4. The lowest BCUT2D eigenvalue weighted by Gasteiger charge is -2.33. The van der Waals surface area contributed by atoms with E-state index in [1.165, 1.54) is 0 Å². The molecular formula is C22H27N5O3. The summed E-state index contributed by atoms with van der Waals surface area (Å²) in [5.74, 6) is 0.935. The van der Waals surface area contributed by atoms with E-state index in [1.807, 2.05) is 54.6 Å². The third-order valence-corrected chi connectivity index (χ3v) is 5.50. The van der Waals surface area contributed by atoms with Gasteiger partial charge in [-0.25, -0.2) is 4.98 Å². The summed E-state index contributed by atoms with van der Waals surface area (Å²) in [7, 11) is 0. The number of ether oxygens (including phenoxy) is 1. The molecule has 0 bridgehead atoms.